The Kier molecular flexibility index (Phi) is 3.33. The third-order valence-corrected chi connectivity index (χ3v) is 3.07. The molecule has 1 aliphatic heterocycles. The third kappa shape index (κ3) is 2.77. The number of urea groups is 1. The zero-order valence-corrected chi connectivity index (χ0v) is 10.1. The van der Waals surface area contributed by atoms with Crippen LogP contribution in [0.4, 0.5) is 10.5 Å². The maximum absolute atomic E-state index is 11.8. The van der Waals surface area contributed by atoms with Gasteiger partial charge in [-0.15, -0.1) is 0 Å². The van der Waals surface area contributed by atoms with E-state index in [1.807, 2.05) is 30.3 Å². The molecule has 1 aromatic carbocycles. The van der Waals surface area contributed by atoms with Crippen molar-refractivity contribution in [1.29, 1.82) is 0 Å². The van der Waals surface area contributed by atoms with Gasteiger partial charge in [0.2, 0.25) is 0 Å². The predicted molar refractivity (Wildman–Crippen MR) is 68.9 cm³/mol. The molecule has 1 aromatic rings. The van der Waals surface area contributed by atoms with E-state index in [-0.39, 0.29) is 11.6 Å². The Labute approximate surface area is 102 Å². The number of benzene rings is 1. The van der Waals surface area contributed by atoms with E-state index in [2.05, 4.69) is 12.2 Å². The van der Waals surface area contributed by atoms with Crippen LogP contribution in [0.25, 0.3) is 0 Å². The van der Waals surface area contributed by atoms with Crippen molar-refractivity contribution >= 4 is 11.7 Å². The minimum Gasteiger partial charge on any atom is -0.322 e. The molecule has 0 bridgehead atoms. The minimum absolute atomic E-state index is 0.0617. The quantitative estimate of drug-likeness (QED) is 0.839. The van der Waals surface area contributed by atoms with E-state index in [4.69, 9.17) is 5.73 Å². The number of hydrogen-bond donors (Lipinski definition) is 2. The summed E-state index contributed by atoms with van der Waals surface area (Å²) in [7, 11) is 0. The average molecular weight is 233 g/mol. The molecule has 4 nitrogen and oxygen atoms in total. The van der Waals surface area contributed by atoms with Crippen LogP contribution in [-0.4, -0.2) is 29.6 Å². The van der Waals surface area contributed by atoms with E-state index in [0.29, 0.717) is 13.1 Å². The number of hydrogen-bond acceptors (Lipinski definition) is 2. The lowest BCUT2D eigenvalue weighted by atomic mass is 9.87. The smallest absolute Gasteiger partial charge is 0.321 e. The molecule has 1 saturated heterocycles. The topological polar surface area (TPSA) is 58.4 Å². The van der Waals surface area contributed by atoms with E-state index in [1.165, 1.54) is 0 Å². The Bertz CT molecular complexity index is 385. The minimum atomic E-state index is -0.164. The molecular weight excluding hydrogens is 214 g/mol. The lowest BCUT2D eigenvalue weighted by molar-refractivity contribution is 0.0980. The third-order valence-electron chi connectivity index (χ3n) is 3.07. The van der Waals surface area contributed by atoms with Crippen LogP contribution in [0.15, 0.2) is 30.3 Å². The molecule has 2 rings (SSSR count). The monoisotopic (exact) mass is 233 g/mol. The van der Waals surface area contributed by atoms with Crippen molar-refractivity contribution in [3.8, 4) is 0 Å². The van der Waals surface area contributed by atoms with Gasteiger partial charge in [0, 0.05) is 18.8 Å². The molecule has 4 heteroatoms. The number of anilines is 1. The fourth-order valence-electron chi connectivity index (χ4n) is 2.24. The number of para-hydroxylation sites is 1. The molecule has 0 aliphatic carbocycles. The summed E-state index contributed by atoms with van der Waals surface area (Å²) in [6.45, 7) is 3.42. The maximum Gasteiger partial charge on any atom is 0.321 e. The van der Waals surface area contributed by atoms with Crippen molar-refractivity contribution in [2.24, 2.45) is 5.73 Å². The SMILES string of the molecule is CCCC1(N)CN(C(=O)Nc2ccccc2)C1. The molecule has 1 heterocycles. The van der Waals surface area contributed by atoms with Crippen molar-refractivity contribution in [3.05, 3.63) is 30.3 Å². The first-order chi connectivity index (χ1) is 8.13. The zero-order valence-electron chi connectivity index (χ0n) is 10.1. The van der Waals surface area contributed by atoms with Gasteiger partial charge >= 0.3 is 6.03 Å². The van der Waals surface area contributed by atoms with E-state index < -0.39 is 0 Å². The maximum atomic E-state index is 11.8. The first-order valence-electron chi connectivity index (χ1n) is 6.03. The van der Waals surface area contributed by atoms with E-state index in [9.17, 15) is 4.79 Å². The molecule has 17 heavy (non-hydrogen) atoms. The number of amides is 2. The van der Waals surface area contributed by atoms with Crippen LogP contribution in [0.3, 0.4) is 0 Å². The van der Waals surface area contributed by atoms with E-state index in [0.717, 1.165) is 18.5 Å². The molecule has 0 atom stereocenters. The average Bonchev–Trinajstić information content (AvgIpc) is 2.27. The lowest BCUT2D eigenvalue weighted by Gasteiger charge is -2.47. The summed E-state index contributed by atoms with van der Waals surface area (Å²) in [6.07, 6.45) is 2.03. The Morgan fingerprint density at radius 1 is 1.41 bits per heavy atom. The van der Waals surface area contributed by atoms with Crippen molar-refractivity contribution in [1.82, 2.24) is 4.90 Å². The molecule has 1 fully saturated rings. The molecule has 92 valence electrons. The van der Waals surface area contributed by atoms with Crippen LogP contribution < -0.4 is 11.1 Å². The Morgan fingerprint density at radius 3 is 2.65 bits per heavy atom. The van der Waals surface area contributed by atoms with Crippen molar-refractivity contribution in [3.63, 3.8) is 0 Å². The Hall–Kier alpha value is -1.55. The van der Waals surface area contributed by atoms with Crippen molar-refractivity contribution in [2.75, 3.05) is 18.4 Å². The number of rotatable bonds is 3. The Balaban J connectivity index is 1.84. The number of carbonyl (C=O) groups is 1. The fraction of sp³-hybridized carbons (Fsp3) is 0.462. The molecule has 1 aliphatic rings. The van der Waals surface area contributed by atoms with Crippen LogP contribution in [0, 0.1) is 0 Å². The van der Waals surface area contributed by atoms with Gasteiger partial charge in [0.25, 0.3) is 0 Å². The van der Waals surface area contributed by atoms with E-state index in [1.54, 1.807) is 4.90 Å². The second-order valence-electron chi connectivity index (χ2n) is 4.76. The second kappa shape index (κ2) is 4.75. The van der Waals surface area contributed by atoms with Crippen molar-refractivity contribution < 1.29 is 4.79 Å². The van der Waals surface area contributed by atoms with Gasteiger partial charge < -0.3 is 16.0 Å². The van der Waals surface area contributed by atoms with Crippen LogP contribution in [0.2, 0.25) is 0 Å². The summed E-state index contributed by atoms with van der Waals surface area (Å²) in [5.74, 6) is 0. The summed E-state index contributed by atoms with van der Waals surface area (Å²) in [5.41, 5.74) is 6.77. The molecule has 0 radical (unpaired) electrons. The van der Waals surface area contributed by atoms with Gasteiger partial charge in [-0.25, -0.2) is 4.79 Å². The van der Waals surface area contributed by atoms with Crippen LogP contribution >= 0.6 is 0 Å². The summed E-state index contributed by atoms with van der Waals surface area (Å²) in [4.78, 5) is 13.6. The van der Waals surface area contributed by atoms with Crippen LogP contribution in [0.1, 0.15) is 19.8 Å². The highest BCUT2D eigenvalue weighted by Gasteiger charge is 2.41. The molecule has 0 aromatic heterocycles. The normalized spacial score (nSPS) is 17.4. The number of nitrogens with zero attached hydrogens (tertiary/aromatic N) is 1. The number of carbonyl (C=O) groups excluding carboxylic acids is 1. The van der Waals surface area contributed by atoms with Gasteiger partial charge in [0.1, 0.15) is 0 Å². The van der Waals surface area contributed by atoms with Gasteiger partial charge in [-0.3, -0.25) is 0 Å². The lowest BCUT2D eigenvalue weighted by Crippen LogP contribution is -2.69. The summed E-state index contributed by atoms with van der Waals surface area (Å²) < 4.78 is 0. The molecule has 0 saturated carbocycles. The van der Waals surface area contributed by atoms with Gasteiger partial charge in [0.15, 0.2) is 0 Å². The summed E-state index contributed by atoms with van der Waals surface area (Å²) >= 11 is 0. The molecule has 0 unspecified atom stereocenters. The molecule has 0 spiro atoms. The first kappa shape index (κ1) is 11.9. The fourth-order valence-corrected chi connectivity index (χ4v) is 2.24. The van der Waals surface area contributed by atoms with Gasteiger partial charge in [-0.05, 0) is 18.6 Å². The van der Waals surface area contributed by atoms with Gasteiger partial charge in [0.05, 0.1) is 5.54 Å². The molecule has 3 N–H and O–H groups in total. The first-order valence-corrected chi connectivity index (χ1v) is 6.03. The highest BCUT2D eigenvalue weighted by Crippen LogP contribution is 2.23. The largest absolute Gasteiger partial charge is 0.322 e. The van der Waals surface area contributed by atoms with Gasteiger partial charge in [-0.2, -0.15) is 0 Å². The zero-order chi connectivity index (χ0) is 12.3. The van der Waals surface area contributed by atoms with Crippen LogP contribution in [-0.2, 0) is 0 Å². The summed E-state index contributed by atoms with van der Waals surface area (Å²) in [5, 5.41) is 2.86. The second-order valence-corrected chi connectivity index (χ2v) is 4.76. The standard InChI is InChI=1S/C13H19N3O/c1-2-8-13(14)9-16(10-13)12(17)15-11-6-4-3-5-7-11/h3-7H,2,8-10,14H2,1H3,(H,15,17). The van der Waals surface area contributed by atoms with Crippen molar-refractivity contribution in [2.45, 2.75) is 25.3 Å². The number of nitrogens with two attached hydrogens (primary N) is 1. The highest BCUT2D eigenvalue weighted by atomic mass is 16.2. The number of nitrogens with one attached hydrogen (secondary N) is 1. The number of likely N-dealkylation sites (tertiary alicyclic amines) is 1. The summed E-state index contributed by atoms with van der Waals surface area (Å²) in [6, 6.07) is 9.41. The van der Waals surface area contributed by atoms with Gasteiger partial charge in [-0.1, -0.05) is 31.5 Å². The van der Waals surface area contributed by atoms with Crippen LogP contribution in [0.5, 0.6) is 0 Å². The van der Waals surface area contributed by atoms with E-state index >= 15 is 0 Å². The highest BCUT2D eigenvalue weighted by molar-refractivity contribution is 5.90. The molecular formula is C13H19N3O. The Morgan fingerprint density at radius 2 is 2.06 bits per heavy atom. The molecule has 2 amide bonds. The predicted octanol–water partition coefficient (Wildman–Crippen LogP) is 2.03.